The molecule has 0 amide bonds. The summed E-state index contributed by atoms with van der Waals surface area (Å²) < 4.78 is 4.73. The van der Waals surface area contributed by atoms with Crippen LogP contribution in [0.1, 0.15) is 0 Å². The summed E-state index contributed by atoms with van der Waals surface area (Å²) in [7, 11) is 0. The summed E-state index contributed by atoms with van der Waals surface area (Å²) in [6.07, 6.45) is 2.19. The van der Waals surface area contributed by atoms with E-state index in [9.17, 15) is 0 Å². The number of para-hydroxylation sites is 2. The fourth-order valence-corrected chi connectivity index (χ4v) is 8.18. The lowest BCUT2D eigenvalue weighted by atomic mass is 10.0. The molecule has 0 saturated carbocycles. The fraction of sp³-hybridized carbons (Fsp3) is 0. The molecule has 0 fully saturated rings. The Labute approximate surface area is 323 Å². The lowest BCUT2D eigenvalue weighted by molar-refractivity contribution is 1.07. The number of hydrogen-bond acceptors (Lipinski definition) is 3. The van der Waals surface area contributed by atoms with Crippen LogP contribution in [0.4, 0.5) is 0 Å². The summed E-state index contributed by atoms with van der Waals surface area (Å²) in [5.41, 5.74) is 10.6. The van der Waals surface area contributed by atoms with Crippen LogP contribution >= 0.6 is 0 Å². The van der Waals surface area contributed by atoms with Gasteiger partial charge in [0, 0.05) is 55.8 Å². The van der Waals surface area contributed by atoms with Gasteiger partial charge in [0.15, 0.2) is 17.5 Å². The van der Waals surface area contributed by atoms with Crippen LogP contribution in [0.2, 0.25) is 0 Å². The Kier molecular flexibility index (Phi) is 7.42. The standard InChI is InChI=1S/C51H33N5/c1-5-15-34(16-6-1)38-31-39(51-53-49(36-17-7-2-8-18-36)52-50(54-51)37-19-9-3-10-20-37)33-41(32-38)56-46-24-14-13-23-42(46)43-27-25-35-26-28-45-44(47(35)48(43)56)29-30-55(45)40-21-11-4-12-22-40/h1-33H. The van der Waals surface area contributed by atoms with Crippen molar-refractivity contribution in [3.63, 3.8) is 0 Å². The average Bonchev–Trinajstić information content (AvgIpc) is 3.87. The average molecular weight is 716 g/mol. The monoisotopic (exact) mass is 715 g/mol. The Hall–Kier alpha value is -7.63. The first-order valence-electron chi connectivity index (χ1n) is 18.9. The first kappa shape index (κ1) is 31.9. The van der Waals surface area contributed by atoms with Crippen molar-refractivity contribution in [2.75, 3.05) is 0 Å². The smallest absolute Gasteiger partial charge is 0.164 e. The van der Waals surface area contributed by atoms with Crippen molar-refractivity contribution in [3.8, 4) is 56.7 Å². The second-order valence-electron chi connectivity index (χ2n) is 14.1. The molecule has 0 bridgehead atoms. The zero-order valence-corrected chi connectivity index (χ0v) is 30.3. The molecule has 56 heavy (non-hydrogen) atoms. The van der Waals surface area contributed by atoms with Gasteiger partial charge in [-0.05, 0) is 65.0 Å². The van der Waals surface area contributed by atoms with Crippen LogP contribution in [0.25, 0.3) is 100 Å². The Morgan fingerprint density at radius 2 is 0.893 bits per heavy atom. The molecule has 0 aliphatic rings. The summed E-state index contributed by atoms with van der Waals surface area (Å²) >= 11 is 0. The van der Waals surface area contributed by atoms with E-state index >= 15 is 0 Å². The third kappa shape index (κ3) is 5.29. The third-order valence-electron chi connectivity index (χ3n) is 10.8. The number of aromatic nitrogens is 5. The number of rotatable bonds is 6. The minimum absolute atomic E-state index is 0.615. The van der Waals surface area contributed by atoms with Crippen molar-refractivity contribution in [1.82, 2.24) is 24.1 Å². The predicted molar refractivity (Wildman–Crippen MR) is 230 cm³/mol. The molecular formula is C51H33N5. The number of benzene rings is 8. The lowest BCUT2D eigenvalue weighted by Gasteiger charge is -2.15. The third-order valence-corrected chi connectivity index (χ3v) is 10.8. The highest BCUT2D eigenvalue weighted by molar-refractivity contribution is 6.25. The Morgan fingerprint density at radius 1 is 0.339 bits per heavy atom. The molecule has 11 aromatic rings. The molecule has 262 valence electrons. The molecule has 0 spiro atoms. The van der Waals surface area contributed by atoms with E-state index < -0.39 is 0 Å². The maximum Gasteiger partial charge on any atom is 0.164 e. The SMILES string of the molecule is c1ccc(-c2cc(-c3nc(-c4ccccc4)nc(-c4ccccc4)n3)cc(-n3c4ccccc4c4ccc5ccc6c(ccn6-c6ccccc6)c5c43)c2)cc1. The first-order valence-corrected chi connectivity index (χ1v) is 18.9. The van der Waals surface area contributed by atoms with Gasteiger partial charge in [0.25, 0.3) is 0 Å². The van der Waals surface area contributed by atoms with Crippen molar-refractivity contribution < 1.29 is 0 Å². The van der Waals surface area contributed by atoms with Gasteiger partial charge < -0.3 is 9.13 Å². The largest absolute Gasteiger partial charge is 0.317 e. The molecule has 5 nitrogen and oxygen atoms in total. The van der Waals surface area contributed by atoms with Gasteiger partial charge in [-0.25, -0.2) is 15.0 Å². The summed E-state index contributed by atoms with van der Waals surface area (Å²) in [5, 5.41) is 6.02. The van der Waals surface area contributed by atoms with Crippen molar-refractivity contribution in [2.45, 2.75) is 0 Å². The molecule has 3 heterocycles. The lowest BCUT2D eigenvalue weighted by Crippen LogP contribution is -2.02. The molecule has 3 aromatic heterocycles. The molecule has 0 unspecified atom stereocenters. The Morgan fingerprint density at radius 3 is 1.57 bits per heavy atom. The van der Waals surface area contributed by atoms with E-state index in [0.717, 1.165) is 44.7 Å². The van der Waals surface area contributed by atoms with Crippen LogP contribution in [-0.4, -0.2) is 24.1 Å². The highest BCUT2D eigenvalue weighted by Gasteiger charge is 2.20. The van der Waals surface area contributed by atoms with Crippen LogP contribution in [-0.2, 0) is 0 Å². The summed E-state index contributed by atoms with van der Waals surface area (Å²) in [4.78, 5) is 15.3. The fourth-order valence-electron chi connectivity index (χ4n) is 8.18. The van der Waals surface area contributed by atoms with Crippen LogP contribution in [0, 0.1) is 0 Å². The van der Waals surface area contributed by atoms with Gasteiger partial charge in [-0.3, -0.25) is 0 Å². The molecule has 8 aromatic carbocycles. The van der Waals surface area contributed by atoms with E-state index in [2.05, 4.69) is 173 Å². The zero-order chi connectivity index (χ0) is 37.0. The van der Waals surface area contributed by atoms with Crippen LogP contribution in [0.3, 0.4) is 0 Å². The van der Waals surface area contributed by atoms with Crippen molar-refractivity contribution in [1.29, 1.82) is 0 Å². The second-order valence-corrected chi connectivity index (χ2v) is 14.1. The maximum atomic E-state index is 5.17. The van der Waals surface area contributed by atoms with Crippen molar-refractivity contribution in [3.05, 3.63) is 200 Å². The van der Waals surface area contributed by atoms with E-state index in [0.29, 0.717) is 17.5 Å². The number of fused-ring (bicyclic) bond motifs is 7. The van der Waals surface area contributed by atoms with Crippen LogP contribution < -0.4 is 0 Å². The molecule has 5 heteroatoms. The minimum Gasteiger partial charge on any atom is -0.317 e. The van der Waals surface area contributed by atoms with Gasteiger partial charge in [-0.15, -0.1) is 0 Å². The van der Waals surface area contributed by atoms with Crippen molar-refractivity contribution in [2.24, 2.45) is 0 Å². The molecule has 0 N–H and O–H groups in total. The van der Waals surface area contributed by atoms with E-state index in [-0.39, 0.29) is 0 Å². The molecular weight excluding hydrogens is 683 g/mol. The maximum absolute atomic E-state index is 5.17. The summed E-state index contributed by atoms with van der Waals surface area (Å²) in [6, 6.07) is 68.2. The normalized spacial score (nSPS) is 11.6. The highest BCUT2D eigenvalue weighted by atomic mass is 15.0. The molecule has 0 radical (unpaired) electrons. The van der Waals surface area contributed by atoms with Crippen molar-refractivity contribution >= 4 is 43.5 Å². The van der Waals surface area contributed by atoms with E-state index in [1.165, 1.54) is 38.0 Å². The molecule has 0 aliphatic carbocycles. The minimum atomic E-state index is 0.615. The summed E-state index contributed by atoms with van der Waals surface area (Å²) in [6.45, 7) is 0. The van der Waals surface area contributed by atoms with Gasteiger partial charge in [-0.1, -0.05) is 146 Å². The molecule has 0 saturated heterocycles. The first-order chi connectivity index (χ1) is 27.8. The van der Waals surface area contributed by atoms with E-state index in [1.54, 1.807) is 0 Å². The van der Waals surface area contributed by atoms with Gasteiger partial charge in [0.1, 0.15) is 0 Å². The topological polar surface area (TPSA) is 48.5 Å². The molecule has 0 aliphatic heterocycles. The van der Waals surface area contributed by atoms with Crippen LogP contribution in [0.15, 0.2) is 200 Å². The van der Waals surface area contributed by atoms with E-state index in [4.69, 9.17) is 15.0 Å². The van der Waals surface area contributed by atoms with Gasteiger partial charge in [0.2, 0.25) is 0 Å². The van der Waals surface area contributed by atoms with E-state index in [1.807, 2.05) is 36.4 Å². The Bertz CT molecular complexity index is 3160. The quantitative estimate of drug-likeness (QED) is 0.172. The highest BCUT2D eigenvalue weighted by Crippen LogP contribution is 2.41. The number of hydrogen-bond donors (Lipinski definition) is 0. The second kappa shape index (κ2) is 13.0. The zero-order valence-electron chi connectivity index (χ0n) is 30.3. The van der Waals surface area contributed by atoms with Gasteiger partial charge in [-0.2, -0.15) is 0 Å². The number of nitrogens with zero attached hydrogens (tertiary/aromatic N) is 5. The molecule has 0 atom stereocenters. The summed E-state index contributed by atoms with van der Waals surface area (Å²) in [5.74, 6) is 1.88. The van der Waals surface area contributed by atoms with Gasteiger partial charge >= 0.3 is 0 Å². The van der Waals surface area contributed by atoms with Crippen LogP contribution in [0.5, 0.6) is 0 Å². The van der Waals surface area contributed by atoms with Gasteiger partial charge in [0.05, 0.1) is 16.6 Å². The molecule has 11 rings (SSSR count). The predicted octanol–water partition coefficient (Wildman–Crippen LogP) is 12.7. The Balaban J connectivity index is 1.23.